The molecule has 0 unspecified atom stereocenters. The van der Waals surface area contributed by atoms with Crippen LogP contribution < -0.4 is 10.1 Å². The SMILES string of the molecule is COc1ccc(-c2nn(Cc3ccccc3)cc2C(=O)Nc2cccc(-c3n[nH]c(C)n3)c2)cc1. The highest BCUT2D eigenvalue weighted by atomic mass is 16.5. The van der Waals surface area contributed by atoms with Crippen LogP contribution in [0.5, 0.6) is 5.75 Å². The summed E-state index contributed by atoms with van der Waals surface area (Å²) in [5, 5.41) is 14.8. The van der Waals surface area contributed by atoms with Crippen molar-refractivity contribution in [3.63, 3.8) is 0 Å². The highest BCUT2D eigenvalue weighted by Gasteiger charge is 2.19. The molecule has 0 bridgehead atoms. The summed E-state index contributed by atoms with van der Waals surface area (Å²) in [7, 11) is 1.62. The number of hydrogen-bond acceptors (Lipinski definition) is 5. The van der Waals surface area contributed by atoms with Crippen molar-refractivity contribution in [1.29, 1.82) is 0 Å². The molecule has 5 rings (SSSR count). The molecule has 5 aromatic rings. The van der Waals surface area contributed by atoms with Crippen LogP contribution in [-0.2, 0) is 6.54 Å². The van der Waals surface area contributed by atoms with Gasteiger partial charge in [-0.2, -0.15) is 10.2 Å². The van der Waals surface area contributed by atoms with Gasteiger partial charge in [0.2, 0.25) is 0 Å². The fraction of sp³-hybridized carbons (Fsp3) is 0.111. The zero-order chi connectivity index (χ0) is 24.2. The minimum absolute atomic E-state index is 0.251. The normalized spacial score (nSPS) is 10.8. The molecule has 0 radical (unpaired) electrons. The Hall–Kier alpha value is -4.72. The molecule has 8 heteroatoms. The number of nitrogens with zero attached hydrogens (tertiary/aromatic N) is 4. The van der Waals surface area contributed by atoms with E-state index in [0.29, 0.717) is 29.3 Å². The Morgan fingerprint density at radius 1 is 1.00 bits per heavy atom. The van der Waals surface area contributed by atoms with E-state index < -0.39 is 0 Å². The summed E-state index contributed by atoms with van der Waals surface area (Å²) in [6, 6.07) is 25.0. The molecule has 0 atom stereocenters. The van der Waals surface area contributed by atoms with Crippen LogP contribution in [0.15, 0.2) is 85.1 Å². The Morgan fingerprint density at radius 2 is 1.80 bits per heavy atom. The van der Waals surface area contributed by atoms with Crippen LogP contribution in [0, 0.1) is 6.92 Å². The van der Waals surface area contributed by atoms with Gasteiger partial charge in [-0.3, -0.25) is 14.6 Å². The Labute approximate surface area is 202 Å². The van der Waals surface area contributed by atoms with Crippen LogP contribution in [0.4, 0.5) is 5.69 Å². The third-order valence-electron chi connectivity index (χ3n) is 5.53. The minimum atomic E-state index is -0.251. The smallest absolute Gasteiger partial charge is 0.259 e. The molecule has 35 heavy (non-hydrogen) atoms. The molecule has 8 nitrogen and oxygen atoms in total. The lowest BCUT2D eigenvalue weighted by atomic mass is 10.1. The first kappa shape index (κ1) is 22.1. The molecule has 1 amide bonds. The number of hydrogen-bond donors (Lipinski definition) is 2. The average molecular weight is 465 g/mol. The molecule has 0 aliphatic rings. The number of aromatic nitrogens is 5. The van der Waals surface area contributed by atoms with E-state index in [4.69, 9.17) is 9.84 Å². The second kappa shape index (κ2) is 9.64. The molecule has 0 aliphatic carbocycles. The molecule has 2 aromatic heterocycles. The van der Waals surface area contributed by atoms with Crippen LogP contribution in [-0.4, -0.2) is 38.0 Å². The van der Waals surface area contributed by atoms with Gasteiger partial charge in [0, 0.05) is 23.0 Å². The maximum atomic E-state index is 13.4. The number of H-pyrrole nitrogens is 1. The summed E-state index contributed by atoms with van der Waals surface area (Å²) >= 11 is 0. The summed E-state index contributed by atoms with van der Waals surface area (Å²) in [5.74, 6) is 1.79. The fourth-order valence-electron chi connectivity index (χ4n) is 3.81. The van der Waals surface area contributed by atoms with Crippen LogP contribution in [0.1, 0.15) is 21.7 Å². The maximum absolute atomic E-state index is 13.4. The number of ether oxygens (including phenoxy) is 1. The Balaban J connectivity index is 1.46. The monoisotopic (exact) mass is 464 g/mol. The number of carbonyl (C=O) groups excluding carboxylic acids is 1. The molecule has 0 spiro atoms. The zero-order valence-corrected chi connectivity index (χ0v) is 19.4. The number of methoxy groups -OCH3 is 1. The molecule has 3 aromatic carbocycles. The summed E-state index contributed by atoms with van der Waals surface area (Å²) < 4.78 is 7.07. The summed E-state index contributed by atoms with van der Waals surface area (Å²) in [6.07, 6.45) is 1.78. The lowest BCUT2D eigenvalue weighted by Gasteiger charge is -2.07. The number of aromatic amines is 1. The van der Waals surface area contributed by atoms with E-state index in [9.17, 15) is 4.79 Å². The summed E-state index contributed by atoms with van der Waals surface area (Å²) in [4.78, 5) is 17.8. The van der Waals surface area contributed by atoms with E-state index >= 15 is 0 Å². The second-order valence-corrected chi connectivity index (χ2v) is 8.08. The molecule has 174 valence electrons. The van der Waals surface area contributed by atoms with Crippen molar-refractivity contribution in [3.05, 3.63) is 102 Å². The van der Waals surface area contributed by atoms with Crippen LogP contribution in [0.2, 0.25) is 0 Å². The van der Waals surface area contributed by atoms with E-state index in [0.717, 1.165) is 28.3 Å². The van der Waals surface area contributed by atoms with Gasteiger partial charge < -0.3 is 10.1 Å². The predicted octanol–water partition coefficient (Wildman–Crippen LogP) is 4.95. The Morgan fingerprint density at radius 3 is 2.51 bits per heavy atom. The number of nitrogens with one attached hydrogen (secondary N) is 2. The molecule has 0 saturated carbocycles. The van der Waals surface area contributed by atoms with Gasteiger partial charge in [-0.1, -0.05) is 42.5 Å². The van der Waals surface area contributed by atoms with E-state index in [2.05, 4.69) is 20.5 Å². The molecular formula is C27H24N6O2. The van der Waals surface area contributed by atoms with E-state index in [-0.39, 0.29) is 5.91 Å². The lowest BCUT2D eigenvalue weighted by Crippen LogP contribution is -2.12. The maximum Gasteiger partial charge on any atom is 0.259 e. The van der Waals surface area contributed by atoms with Gasteiger partial charge in [0.1, 0.15) is 17.3 Å². The fourth-order valence-corrected chi connectivity index (χ4v) is 3.81. The number of rotatable bonds is 7. The van der Waals surface area contributed by atoms with Gasteiger partial charge in [0.15, 0.2) is 5.82 Å². The molecule has 0 aliphatic heterocycles. The lowest BCUT2D eigenvalue weighted by molar-refractivity contribution is 0.102. The minimum Gasteiger partial charge on any atom is -0.497 e. The van der Waals surface area contributed by atoms with Crippen LogP contribution in [0.25, 0.3) is 22.6 Å². The van der Waals surface area contributed by atoms with E-state index in [1.54, 1.807) is 18.0 Å². The number of amides is 1. The molecule has 2 heterocycles. The zero-order valence-electron chi connectivity index (χ0n) is 19.4. The summed E-state index contributed by atoms with van der Waals surface area (Å²) in [6.45, 7) is 2.40. The van der Waals surface area contributed by atoms with Crippen molar-refractivity contribution in [1.82, 2.24) is 25.0 Å². The third kappa shape index (κ3) is 4.96. The number of benzene rings is 3. The topological polar surface area (TPSA) is 97.7 Å². The van der Waals surface area contributed by atoms with Gasteiger partial charge >= 0.3 is 0 Å². The second-order valence-electron chi connectivity index (χ2n) is 8.08. The van der Waals surface area contributed by atoms with Crippen molar-refractivity contribution < 1.29 is 9.53 Å². The van der Waals surface area contributed by atoms with Crippen molar-refractivity contribution in [2.45, 2.75) is 13.5 Å². The molecule has 0 saturated heterocycles. The third-order valence-corrected chi connectivity index (χ3v) is 5.53. The van der Waals surface area contributed by atoms with Gasteiger partial charge in [-0.15, -0.1) is 0 Å². The number of aryl methyl sites for hydroxylation is 1. The number of anilines is 1. The standard InChI is InChI=1S/C27H24N6O2/c1-18-28-26(31-30-18)21-9-6-10-22(15-21)29-27(34)24-17-33(16-19-7-4-3-5-8-19)32-25(24)20-11-13-23(35-2)14-12-20/h3-15,17H,16H2,1-2H3,(H,29,34)(H,28,30,31). The highest BCUT2D eigenvalue weighted by Crippen LogP contribution is 2.26. The Bertz CT molecular complexity index is 1450. The van der Waals surface area contributed by atoms with Crippen molar-refractivity contribution >= 4 is 11.6 Å². The van der Waals surface area contributed by atoms with E-state index in [1.807, 2.05) is 85.8 Å². The average Bonchev–Trinajstić information content (AvgIpc) is 3.51. The van der Waals surface area contributed by atoms with Gasteiger partial charge in [0.05, 0.1) is 19.2 Å². The first-order valence-corrected chi connectivity index (χ1v) is 11.2. The van der Waals surface area contributed by atoms with Gasteiger partial charge in [0.25, 0.3) is 5.91 Å². The highest BCUT2D eigenvalue weighted by molar-refractivity contribution is 6.08. The molecular weight excluding hydrogens is 440 g/mol. The van der Waals surface area contributed by atoms with Crippen molar-refractivity contribution in [2.75, 3.05) is 12.4 Å². The largest absolute Gasteiger partial charge is 0.497 e. The van der Waals surface area contributed by atoms with Crippen molar-refractivity contribution in [3.8, 4) is 28.4 Å². The first-order chi connectivity index (χ1) is 17.1. The van der Waals surface area contributed by atoms with Crippen LogP contribution >= 0.6 is 0 Å². The quantitative estimate of drug-likeness (QED) is 0.355. The summed E-state index contributed by atoms with van der Waals surface area (Å²) in [5.41, 5.74) is 4.45. The molecule has 2 N–H and O–H groups in total. The van der Waals surface area contributed by atoms with Gasteiger partial charge in [-0.25, -0.2) is 4.98 Å². The van der Waals surface area contributed by atoms with Crippen LogP contribution in [0.3, 0.4) is 0 Å². The van der Waals surface area contributed by atoms with Gasteiger partial charge in [-0.05, 0) is 48.9 Å². The predicted molar refractivity (Wildman–Crippen MR) is 134 cm³/mol. The molecule has 0 fully saturated rings. The first-order valence-electron chi connectivity index (χ1n) is 11.2. The Kier molecular flexibility index (Phi) is 6.09. The van der Waals surface area contributed by atoms with Crippen molar-refractivity contribution in [2.24, 2.45) is 0 Å². The van der Waals surface area contributed by atoms with E-state index in [1.165, 1.54) is 0 Å². The number of carbonyl (C=O) groups is 1.